The molecule has 1 aliphatic rings. The summed E-state index contributed by atoms with van der Waals surface area (Å²) in [5, 5.41) is 23.4. The van der Waals surface area contributed by atoms with Crippen molar-refractivity contribution in [3.05, 3.63) is 89.2 Å². The van der Waals surface area contributed by atoms with E-state index in [1.165, 1.54) is 35.2 Å². The van der Waals surface area contributed by atoms with Crippen molar-refractivity contribution >= 4 is 17.9 Å². The molecule has 3 aromatic rings. The van der Waals surface area contributed by atoms with Gasteiger partial charge in [-0.3, -0.25) is 4.79 Å². The van der Waals surface area contributed by atoms with Crippen LogP contribution in [-0.2, 0) is 24.1 Å². The third-order valence-electron chi connectivity index (χ3n) is 7.01. The van der Waals surface area contributed by atoms with Crippen molar-refractivity contribution in [2.75, 3.05) is 20.1 Å². The molecule has 3 N–H and O–H groups in total. The molecule has 0 saturated heterocycles. The first-order valence-corrected chi connectivity index (χ1v) is 13.8. The number of likely N-dealkylation sites (N-methyl/N-ethyl adjacent to an activating group) is 1. The fraction of sp³-hybridized carbons (Fsp3) is 0.387. The summed E-state index contributed by atoms with van der Waals surface area (Å²) in [7, 11) is 1.93. The number of aliphatic carboxylic acids is 1. The summed E-state index contributed by atoms with van der Waals surface area (Å²) in [6, 6.07) is 20.6. The summed E-state index contributed by atoms with van der Waals surface area (Å²) in [5.41, 5.74) is 4.47. The Hall–Kier alpha value is -2.71. The minimum atomic E-state index is -0.950. The normalized spacial score (nSPS) is 14.6. The van der Waals surface area contributed by atoms with E-state index >= 15 is 0 Å². The standard InChI is InChI=1S/C31H37FN2O3S/c1-31(2,18-22-13-23-7-4-5-8-24(23)14-22)33-19-26(35)20-34(3)38-27-10-6-9-25(17-27)28-15-21(16-30(36)37)11-12-29(28)32/h4-12,15,17,22,26,33,35H,13-14,16,18-20H2,1-3H3,(H,36,37)/t26-/m1/s1. The maximum absolute atomic E-state index is 14.5. The molecular formula is C31H37FN2O3S. The van der Waals surface area contributed by atoms with Crippen molar-refractivity contribution < 1.29 is 19.4 Å². The second kappa shape index (κ2) is 12.4. The molecule has 202 valence electrons. The highest BCUT2D eigenvalue weighted by Crippen LogP contribution is 2.32. The molecule has 1 aliphatic carbocycles. The first-order valence-electron chi connectivity index (χ1n) is 13.1. The summed E-state index contributed by atoms with van der Waals surface area (Å²) in [6.45, 7) is 5.38. The molecule has 0 bridgehead atoms. The van der Waals surface area contributed by atoms with E-state index in [1.54, 1.807) is 6.07 Å². The molecule has 7 heteroatoms. The van der Waals surface area contributed by atoms with Crippen LogP contribution in [0.25, 0.3) is 11.1 Å². The third-order valence-corrected chi connectivity index (χ3v) is 7.94. The molecule has 5 nitrogen and oxygen atoms in total. The Morgan fingerprint density at radius 2 is 1.82 bits per heavy atom. The highest BCUT2D eigenvalue weighted by Gasteiger charge is 2.28. The van der Waals surface area contributed by atoms with Crippen LogP contribution in [0, 0.1) is 11.7 Å². The van der Waals surface area contributed by atoms with Crippen molar-refractivity contribution in [1.29, 1.82) is 0 Å². The fourth-order valence-electron chi connectivity index (χ4n) is 5.36. The number of aliphatic hydroxyl groups is 1. The highest BCUT2D eigenvalue weighted by molar-refractivity contribution is 7.97. The van der Waals surface area contributed by atoms with Crippen molar-refractivity contribution in [2.24, 2.45) is 5.92 Å². The molecule has 0 radical (unpaired) electrons. The van der Waals surface area contributed by atoms with Gasteiger partial charge < -0.3 is 15.5 Å². The van der Waals surface area contributed by atoms with Gasteiger partial charge in [-0.15, -0.1) is 0 Å². The van der Waals surface area contributed by atoms with E-state index in [-0.39, 0.29) is 17.8 Å². The van der Waals surface area contributed by atoms with E-state index in [4.69, 9.17) is 5.11 Å². The maximum Gasteiger partial charge on any atom is 0.307 e. The predicted octanol–water partition coefficient (Wildman–Crippen LogP) is 5.59. The Kier molecular flexibility index (Phi) is 9.26. The van der Waals surface area contributed by atoms with E-state index in [1.807, 2.05) is 35.6 Å². The molecule has 0 aromatic heterocycles. The van der Waals surface area contributed by atoms with Gasteiger partial charge >= 0.3 is 5.97 Å². The Morgan fingerprint density at radius 3 is 2.50 bits per heavy atom. The Balaban J connectivity index is 1.28. The topological polar surface area (TPSA) is 72.8 Å². The van der Waals surface area contributed by atoms with E-state index < -0.39 is 12.1 Å². The molecule has 0 saturated carbocycles. The molecular weight excluding hydrogens is 499 g/mol. The van der Waals surface area contributed by atoms with Crippen LogP contribution in [-0.4, -0.2) is 52.3 Å². The number of benzene rings is 3. The predicted molar refractivity (Wildman–Crippen MR) is 152 cm³/mol. The number of carboxylic acid groups (broad SMARTS) is 1. The van der Waals surface area contributed by atoms with Crippen molar-refractivity contribution in [3.63, 3.8) is 0 Å². The van der Waals surface area contributed by atoms with Gasteiger partial charge in [0.1, 0.15) is 5.82 Å². The van der Waals surface area contributed by atoms with Gasteiger partial charge in [-0.1, -0.05) is 42.5 Å². The summed E-state index contributed by atoms with van der Waals surface area (Å²) in [4.78, 5) is 12.0. The van der Waals surface area contributed by atoms with Crippen LogP contribution in [0.2, 0.25) is 0 Å². The maximum atomic E-state index is 14.5. The lowest BCUT2D eigenvalue weighted by molar-refractivity contribution is -0.136. The molecule has 0 aliphatic heterocycles. The van der Waals surface area contributed by atoms with Gasteiger partial charge in [0.2, 0.25) is 0 Å². The second-order valence-corrected chi connectivity index (χ2v) is 12.3. The van der Waals surface area contributed by atoms with E-state index in [0.29, 0.717) is 35.7 Å². The second-order valence-electron chi connectivity index (χ2n) is 11.0. The quantitative estimate of drug-likeness (QED) is 0.262. The summed E-state index contributed by atoms with van der Waals surface area (Å²) < 4.78 is 16.5. The van der Waals surface area contributed by atoms with Crippen LogP contribution in [0.1, 0.15) is 37.0 Å². The molecule has 3 aromatic carbocycles. The molecule has 0 amide bonds. The number of carbonyl (C=O) groups is 1. The number of halogens is 1. The number of aliphatic hydroxyl groups excluding tert-OH is 1. The largest absolute Gasteiger partial charge is 0.481 e. The van der Waals surface area contributed by atoms with Crippen LogP contribution in [0.4, 0.5) is 4.39 Å². The number of carboxylic acids is 1. The van der Waals surface area contributed by atoms with Crippen LogP contribution in [0.15, 0.2) is 71.6 Å². The Bertz CT molecular complexity index is 1240. The van der Waals surface area contributed by atoms with Crippen molar-refractivity contribution in [3.8, 4) is 11.1 Å². The summed E-state index contributed by atoms with van der Waals surface area (Å²) >= 11 is 1.48. The van der Waals surface area contributed by atoms with E-state index in [0.717, 1.165) is 24.2 Å². The van der Waals surface area contributed by atoms with E-state index in [9.17, 15) is 14.3 Å². The van der Waals surface area contributed by atoms with E-state index in [2.05, 4.69) is 43.4 Å². The fourth-order valence-corrected chi connectivity index (χ4v) is 6.29. The molecule has 0 spiro atoms. The lowest BCUT2D eigenvalue weighted by Crippen LogP contribution is -2.46. The van der Waals surface area contributed by atoms with Crippen LogP contribution < -0.4 is 5.32 Å². The van der Waals surface area contributed by atoms with Crippen LogP contribution >= 0.6 is 11.9 Å². The Morgan fingerprint density at radius 1 is 1.11 bits per heavy atom. The molecule has 38 heavy (non-hydrogen) atoms. The molecule has 0 unspecified atom stereocenters. The van der Waals surface area contributed by atoms with Gasteiger partial charge in [-0.25, -0.2) is 8.70 Å². The zero-order valence-corrected chi connectivity index (χ0v) is 23.1. The first-order chi connectivity index (χ1) is 18.1. The van der Waals surface area contributed by atoms with Gasteiger partial charge in [-0.2, -0.15) is 0 Å². The minimum absolute atomic E-state index is 0.0764. The zero-order chi connectivity index (χ0) is 27.3. The SMILES string of the molecule is CN(C[C@H](O)CNC(C)(C)CC1Cc2ccccc2C1)Sc1cccc(-c2cc(CC(=O)O)ccc2F)c1. The zero-order valence-electron chi connectivity index (χ0n) is 22.3. The monoisotopic (exact) mass is 536 g/mol. The van der Waals surface area contributed by atoms with Crippen LogP contribution in [0.5, 0.6) is 0 Å². The average Bonchev–Trinajstić information content (AvgIpc) is 3.25. The van der Waals surface area contributed by atoms with Crippen molar-refractivity contribution in [2.45, 2.75) is 56.1 Å². The summed E-state index contributed by atoms with van der Waals surface area (Å²) in [5.74, 6) is -0.721. The van der Waals surface area contributed by atoms with Crippen LogP contribution in [0.3, 0.4) is 0 Å². The first kappa shape index (κ1) is 28.3. The third kappa shape index (κ3) is 7.90. The lowest BCUT2D eigenvalue weighted by Gasteiger charge is -2.31. The van der Waals surface area contributed by atoms with Gasteiger partial charge in [0, 0.05) is 29.1 Å². The average molecular weight is 537 g/mol. The number of β-amino-alcohol motifs (C(OH)–C–C–N with tert-alkyl or cyclic N) is 1. The molecule has 1 atom stereocenters. The van der Waals surface area contributed by atoms with Gasteiger partial charge in [-0.05, 0) is 105 Å². The number of fused-ring (bicyclic) bond motifs is 1. The molecule has 0 heterocycles. The van der Waals surface area contributed by atoms with Gasteiger partial charge in [0.25, 0.3) is 0 Å². The summed E-state index contributed by atoms with van der Waals surface area (Å²) in [6.07, 6.45) is 2.60. The van der Waals surface area contributed by atoms with Gasteiger partial charge in [0.15, 0.2) is 0 Å². The smallest absolute Gasteiger partial charge is 0.307 e. The highest BCUT2D eigenvalue weighted by atomic mass is 32.2. The number of nitrogens with one attached hydrogen (secondary N) is 1. The lowest BCUT2D eigenvalue weighted by atomic mass is 9.88. The molecule has 0 fully saturated rings. The minimum Gasteiger partial charge on any atom is -0.481 e. The number of rotatable bonds is 12. The van der Waals surface area contributed by atoms with Gasteiger partial charge in [0.05, 0.1) is 12.5 Å². The number of hydrogen-bond donors (Lipinski definition) is 3. The molecule has 4 rings (SSSR count). The Labute approximate surface area is 229 Å². The number of hydrogen-bond acceptors (Lipinski definition) is 5. The number of nitrogens with zero attached hydrogens (tertiary/aromatic N) is 1. The van der Waals surface area contributed by atoms with Crippen molar-refractivity contribution in [1.82, 2.24) is 9.62 Å².